The lowest BCUT2D eigenvalue weighted by atomic mass is 10.0. The third kappa shape index (κ3) is 5.87. The predicted molar refractivity (Wildman–Crippen MR) is 113 cm³/mol. The second-order valence-corrected chi connectivity index (χ2v) is 6.35. The van der Waals surface area contributed by atoms with Crippen LogP contribution in [0.15, 0.2) is 88.5 Å². The molecule has 0 bridgehead atoms. The van der Waals surface area contributed by atoms with Crippen molar-refractivity contribution in [2.45, 2.75) is 20.3 Å². The smallest absolute Gasteiger partial charge is 0.131 e. The monoisotopic (exact) mass is 394 g/mol. The Bertz CT molecular complexity index is 798. The van der Waals surface area contributed by atoms with Gasteiger partial charge in [0.1, 0.15) is 10.4 Å². The number of nitrogens with zero attached hydrogens (tertiary/aromatic N) is 1. The second-order valence-electron chi connectivity index (χ2n) is 5.53. The van der Waals surface area contributed by atoms with E-state index in [9.17, 15) is 0 Å². The zero-order valence-corrected chi connectivity index (χ0v) is 16.2. The van der Waals surface area contributed by atoms with Crippen LogP contribution >= 0.6 is 15.9 Å². The standard InChI is InChI=1S/C22H23BrN2/c1-3-8-18(4-2)19-14-11-17(12-15-19)13-16-21(23)25-22(24)20-9-6-5-7-10-20/h3-12,14-16H,13H2,1-2H3,(H2,24,25)/b8-3-,18-4+,21-16-. The minimum Gasteiger partial charge on any atom is -0.383 e. The maximum absolute atomic E-state index is 6.03. The van der Waals surface area contributed by atoms with Gasteiger partial charge in [-0.25, -0.2) is 4.99 Å². The van der Waals surface area contributed by atoms with E-state index in [1.54, 1.807) is 0 Å². The molecule has 2 nitrogen and oxygen atoms in total. The summed E-state index contributed by atoms with van der Waals surface area (Å²) in [6.07, 6.45) is 9.10. The largest absolute Gasteiger partial charge is 0.383 e. The SMILES string of the molecule is C/C=C\C(=C/C)c1ccc(C/C=C(Br)\N=C(/N)c2ccccc2)cc1. The molecule has 0 aliphatic heterocycles. The number of amidine groups is 1. The Morgan fingerprint density at radius 1 is 1.00 bits per heavy atom. The molecule has 0 fully saturated rings. The van der Waals surface area contributed by atoms with E-state index in [0.717, 1.165) is 16.6 Å². The molecular formula is C22H23BrN2. The van der Waals surface area contributed by atoms with Gasteiger partial charge in [-0.1, -0.05) is 72.8 Å². The summed E-state index contributed by atoms with van der Waals surface area (Å²) in [7, 11) is 0. The third-order valence-corrected chi connectivity index (χ3v) is 4.25. The molecule has 0 aliphatic rings. The van der Waals surface area contributed by atoms with Crippen molar-refractivity contribution in [2.75, 3.05) is 0 Å². The summed E-state index contributed by atoms with van der Waals surface area (Å²) < 4.78 is 0.737. The van der Waals surface area contributed by atoms with Gasteiger partial charge in [0.2, 0.25) is 0 Å². The van der Waals surface area contributed by atoms with Crippen LogP contribution in [0.1, 0.15) is 30.5 Å². The number of hydrogen-bond acceptors (Lipinski definition) is 1. The molecular weight excluding hydrogens is 372 g/mol. The van der Waals surface area contributed by atoms with Crippen LogP contribution in [-0.4, -0.2) is 5.84 Å². The Balaban J connectivity index is 2.06. The van der Waals surface area contributed by atoms with E-state index in [-0.39, 0.29) is 0 Å². The first-order valence-corrected chi connectivity index (χ1v) is 9.07. The fourth-order valence-corrected chi connectivity index (χ4v) is 2.76. The molecule has 25 heavy (non-hydrogen) atoms. The van der Waals surface area contributed by atoms with Crippen LogP contribution in [0, 0.1) is 0 Å². The van der Waals surface area contributed by atoms with Crippen molar-refractivity contribution in [3.63, 3.8) is 0 Å². The third-order valence-electron chi connectivity index (χ3n) is 3.75. The van der Waals surface area contributed by atoms with E-state index in [1.165, 1.54) is 16.7 Å². The van der Waals surface area contributed by atoms with Gasteiger partial charge in [-0.3, -0.25) is 0 Å². The summed E-state index contributed by atoms with van der Waals surface area (Å²) in [4.78, 5) is 4.40. The molecule has 0 unspecified atom stereocenters. The summed E-state index contributed by atoms with van der Waals surface area (Å²) in [6, 6.07) is 18.3. The Labute approximate surface area is 158 Å². The lowest BCUT2D eigenvalue weighted by molar-refractivity contribution is 1.24. The molecule has 0 radical (unpaired) electrons. The Kier molecular flexibility index (Phi) is 7.42. The first-order valence-electron chi connectivity index (χ1n) is 8.27. The molecule has 0 atom stereocenters. The molecule has 0 heterocycles. The van der Waals surface area contributed by atoms with Crippen molar-refractivity contribution in [3.05, 3.63) is 100 Å². The Hall–Kier alpha value is -2.39. The first kappa shape index (κ1) is 18.9. The number of benzene rings is 2. The van der Waals surface area contributed by atoms with E-state index in [1.807, 2.05) is 43.3 Å². The second kappa shape index (κ2) is 9.80. The van der Waals surface area contributed by atoms with Crippen molar-refractivity contribution >= 4 is 27.3 Å². The maximum atomic E-state index is 6.03. The number of aliphatic imine (C=N–C) groups is 1. The number of allylic oxidation sites excluding steroid dienone is 5. The van der Waals surface area contributed by atoms with E-state index >= 15 is 0 Å². The quantitative estimate of drug-likeness (QED) is 0.283. The highest BCUT2D eigenvalue weighted by Crippen LogP contribution is 2.18. The van der Waals surface area contributed by atoms with Gasteiger partial charge >= 0.3 is 0 Å². The van der Waals surface area contributed by atoms with Crippen LogP contribution < -0.4 is 5.73 Å². The predicted octanol–water partition coefficient (Wildman–Crippen LogP) is 5.85. The average molecular weight is 395 g/mol. The maximum Gasteiger partial charge on any atom is 0.131 e. The zero-order valence-electron chi connectivity index (χ0n) is 14.6. The summed E-state index contributed by atoms with van der Waals surface area (Å²) >= 11 is 3.48. The van der Waals surface area contributed by atoms with Gasteiger partial charge < -0.3 is 5.73 Å². The molecule has 0 saturated carbocycles. The molecule has 2 rings (SSSR count). The normalized spacial score (nSPS) is 13.5. The van der Waals surface area contributed by atoms with Gasteiger partial charge in [-0.15, -0.1) is 0 Å². The molecule has 0 spiro atoms. The van der Waals surface area contributed by atoms with Crippen molar-refractivity contribution < 1.29 is 0 Å². The van der Waals surface area contributed by atoms with Gasteiger partial charge in [0.25, 0.3) is 0 Å². The average Bonchev–Trinajstić information content (AvgIpc) is 2.65. The molecule has 0 amide bonds. The summed E-state index contributed by atoms with van der Waals surface area (Å²) in [5.41, 5.74) is 10.6. The molecule has 128 valence electrons. The minimum atomic E-state index is 0.503. The van der Waals surface area contributed by atoms with Gasteiger partial charge in [0, 0.05) is 5.56 Å². The van der Waals surface area contributed by atoms with E-state index < -0.39 is 0 Å². The van der Waals surface area contributed by atoms with E-state index in [2.05, 4.69) is 70.3 Å². The highest BCUT2D eigenvalue weighted by atomic mass is 79.9. The fraction of sp³-hybridized carbons (Fsp3) is 0.136. The lowest BCUT2D eigenvalue weighted by Gasteiger charge is -2.04. The Morgan fingerprint density at radius 2 is 1.68 bits per heavy atom. The highest BCUT2D eigenvalue weighted by molar-refractivity contribution is 9.11. The van der Waals surface area contributed by atoms with Crippen LogP contribution in [0.3, 0.4) is 0 Å². The van der Waals surface area contributed by atoms with E-state index in [0.29, 0.717) is 5.84 Å². The van der Waals surface area contributed by atoms with E-state index in [4.69, 9.17) is 5.73 Å². The van der Waals surface area contributed by atoms with Crippen LogP contribution in [0.25, 0.3) is 5.57 Å². The topological polar surface area (TPSA) is 38.4 Å². The highest BCUT2D eigenvalue weighted by Gasteiger charge is 1.99. The van der Waals surface area contributed by atoms with Crippen LogP contribution in [0.5, 0.6) is 0 Å². The number of nitrogens with two attached hydrogens (primary N) is 1. The van der Waals surface area contributed by atoms with Crippen molar-refractivity contribution in [1.29, 1.82) is 0 Å². The molecule has 2 aromatic rings. The summed E-state index contributed by atoms with van der Waals surface area (Å²) in [5, 5.41) is 0. The number of halogens is 1. The van der Waals surface area contributed by atoms with Crippen LogP contribution in [0.4, 0.5) is 0 Å². The lowest BCUT2D eigenvalue weighted by Crippen LogP contribution is -2.12. The minimum absolute atomic E-state index is 0.503. The molecule has 0 aliphatic carbocycles. The van der Waals surface area contributed by atoms with Crippen LogP contribution in [0.2, 0.25) is 0 Å². The number of hydrogen-bond donors (Lipinski definition) is 1. The van der Waals surface area contributed by atoms with Gasteiger partial charge in [0.15, 0.2) is 0 Å². The van der Waals surface area contributed by atoms with Crippen LogP contribution in [-0.2, 0) is 6.42 Å². The first-order chi connectivity index (χ1) is 12.1. The Morgan fingerprint density at radius 3 is 2.28 bits per heavy atom. The fourth-order valence-electron chi connectivity index (χ4n) is 2.41. The molecule has 2 N–H and O–H groups in total. The van der Waals surface area contributed by atoms with Gasteiger partial charge in [-0.05, 0) is 59.0 Å². The molecule has 0 saturated heterocycles. The van der Waals surface area contributed by atoms with Crippen molar-refractivity contribution in [3.8, 4) is 0 Å². The summed E-state index contributed by atoms with van der Waals surface area (Å²) in [5.74, 6) is 0.503. The van der Waals surface area contributed by atoms with Gasteiger partial charge in [-0.2, -0.15) is 0 Å². The molecule has 0 aromatic heterocycles. The van der Waals surface area contributed by atoms with Gasteiger partial charge in [0.05, 0.1) is 0 Å². The van der Waals surface area contributed by atoms with Crippen molar-refractivity contribution in [1.82, 2.24) is 0 Å². The summed E-state index contributed by atoms with van der Waals surface area (Å²) in [6.45, 7) is 4.08. The number of rotatable bonds is 6. The zero-order chi connectivity index (χ0) is 18.1. The molecule has 2 aromatic carbocycles. The van der Waals surface area contributed by atoms with Crippen molar-refractivity contribution in [2.24, 2.45) is 10.7 Å². The molecule has 3 heteroatoms.